The molecule has 0 saturated carbocycles. The summed E-state index contributed by atoms with van der Waals surface area (Å²) in [5.41, 5.74) is 2.51. The predicted octanol–water partition coefficient (Wildman–Crippen LogP) is 1.78. The Labute approximate surface area is 99.5 Å². The van der Waals surface area contributed by atoms with Gasteiger partial charge >= 0.3 is 5.97 Å². The van der Waals surface area contributed by atoms with Crippen LogP contribution in [-0.4, -0.2) is 26.9 Å². The van der Waals surface area contributed by atoms with Crippen LogP contribution < -0.4 is 0 Å². The molecule has 0 aliphatic rings. The maximum absolute atomic E-state index is 11.6. The Balaban J connectivity index is 2.53. The van der Waals surface area contributed by atoms with Gasteiger partial charge in [0.15, 0.2) is 5.69 Å². The molecule has 5 heteroatoms. The van der Waals surface area contributed by atoms with Gasteiger partial charge in [-0.1, -0.05) is 6.92 Å². The van der Waals surface area contributed by atoms with Crippen molar-refractivity contribution >= 4 is 11.7 Å². The summed E-state index contributed by atoms with van der Waals surface area (Å²) in [6, 6.07) is 0. The van der Waals surface area contributed by atoms with Gasteiger partial charge in [0, 0.05) is 18.1 Å². The zero-order valence-corrected chi connectivity index (χ0v) is 10.2. The highest BCUT2D eigenvalue weighted by atomic mass is 16.5. The summed E-state index contributed by atoms with van der Waals surface area (Å²) in [6.45, 7) is 6.18. The maximum atomic E-state index is 11.6. The first-order valence-electron chi connectivity index (χ1n) is 5.68. The topological polar surface area (TPSA) is 56.5 Å². The second kappa shape index (κ2) is 4.53. The lowest BCUT2D eigenvalue weighted by atomic mass is 10.2. The highest BCUT2D eigenvalue weighted by Gasteiger charge is 2.14. The Morgan fingerprint density at radius 3 is 2.88 bits per heavy atom. The Morgan fingerprint density at radius 2 is 2.24 bits per heavy atom. The van der Waals surface area contributed by atoms with E-state index in [4.69, 9.17) is 4.74 Å². The van der Waals surface area contributed by atoms with Crippen molar-refractivity contribution in [2.45, 2.75) is 27.2 Å². The summed E-state index contributed by atoms with van der Waals surface area (Å²) >= 11 is 0. The van der Waals surface area contributed by atoms with Crippen LogP contribution in [0, 0.1) is 6.92 Å². The van der Waals surface area contributed by atoms with Crippen molar-refractivity contribution in [1.82, 2.24) is 14.4 Å². The number of hydrogen-bond acceptors (Lipinski definition) is 4. The molecule has 17 heavy (non-hydrogen) atoms. The molecule has 0 N–H and O–H groups in total. The van der Waals surface area contributed by atoms with Crippen LogP contribution in [-0.2, 0) is 11.2 Å². The van der Waals surface area contributed by atoms with E-state index in [2.05, 4.69) is 16.9 Å². The molecule has 2 aromatic heterocycles. The molecule has 2 heterocycles. The number of carbonyl (C=O) groups is 1. The molecular formula is C12H15N3O2. The molecule has 0 radical (unpaired) electrons. The largest absolute Gasteiger partial charge is 0.461 e. The van der Waals surface area contributed by atoms with Crippen LogP contribution >= 0.6 is 0 Å². The summed E-state index contributed by atoms with van der Waals surface area (Å²) in [5, 5.41) is 0. The number of ether oxygens (including phenoxy) is 1. The van der Waals surface area contributed by atoms with Gasteiger partial charge in [-0.05, 0) is 25.8 Å². The molecular weight excluding hydrogens is 218 g/mol. The van der Waals surface area contributed by atoms with Gasteiger partial charge in [-0.15, -0.1) is 0 Å². The monoisotopic (exact) mass is 233 g/mol. The third-order valence-corrected chi connectivity index (χ3v) is 2.63. The summed E-state index contributed by atoms with van der Waals surface area (Å²) in [6.07, 6.45) is 4.33. The van der Waals surface area contributed by atoms with Gasteiger partial charge in [-0.25, -0.2) is 14.8 Å². The van der Waals surface area contributed by atoms with E-state index >= 15 is 0 Å². The van der Waals surface area contributed by atoms with Crippen LogP contribution in [0.15, 0.2) is 12.4 Å². The molecule has 2 aromatic rings. The minimum atomic E-state index is -0.405. The zero-order valence-electron chi connectivity index (χ0n) is 10.2. The van der Waals surface area contributed by atoms with Crippen molar-refractivity contribution in [3.05, 3.63) is 29.3 Å². The van der Waals surface area contributed by atoms with Crippen LogP contribution in [0.3, 0.4) is 0 Å². The van der Waals surface area contributed by atoms with Crippen molar-refractivity contribution in [1.29, 1.82) is 0 Å². The molecule has 0 atom stereocenters. The summed E-state index contributed by atoms with van der Waals surface area (Å²) in [5.74, 6) is 0.133. The quantitative estimate of drug-likeness (QED) is 0.758. The van der Waals surface area contributed by atoms with E-state index in [1.54, 1.807) is 19.3 Å². The van der Waals surface area contributed by atoms with Crippen molar-refractivity contribution in [3.63, 3.8) is 0 Å². The van der Waals surface area contributed by atoms with Gasteiger partial charge in [0.2, 0.25) is 5.78 Å². The Morgan fingerprint density at radius 1 is 1.47 bits per heavy atom. The molecule has 0 bridgehead atoms. The van der Waals surface area contributed by atoms with Crippen LogP contribution in [0.2, 0.25) is 0 Å². The number of aromatic nitrogens is 3. The number of carbonyl (C=O) groups excluding carboxylic acids is 1. The average molecular weight is 233 g/mol. The van der Waals surface area contributed by atoms with E-state index in [1.165, 1.54) is 0 Å². The standard InChI is InChI=1S/C12H15N3O2/c1-4-10-8(3)6-13-12-14-9(7-15(10)12)11(16)17-5-2/h6-7H,4-5H2,1-3H3. The predicted molar refractivity (Wildman–Crippen MR) is 63.1 cm³/mol. The minimum absolute atomic E-state index is 0.305. The van der Waals surface area contributed by atoms with Crippen molar-refractivity contribution in [2.75, 3.05) is 6.61 Å². The maximum Gasteiger partial charge on any atom is 0.358 e. The lowest BCUT2D eigenvalue weighted by molar-refractivity contribution is 0.0520. The fourth-order valence-corrected chi connectivity index (χ4v) is 1.83. The molecule has 0 aliphatic carbocycles. The first-order chi connectivity index (χ1) is 8.17. The lowest BCUT2D eigenvalue weighted by Crippen LogP contribution is -2.04. The number of rotatable bonds is 3. The van der Waals surface area contributed by atoms with Crippen molar-refractivity contribution < 1.29 is 9.53 Å². The average Bonchev–Trinajstić information content (AvgIpc) is 2.73. The number of nitrogens with zero attached hydrogens (tertiary/aromatic N) is 3. The van der Waals surface area contributed by atoms with E-state index < -0.39 is 5.97 Å². The van der Waals surface area contributed by atoms with Gasteiger partial charge < -0.3 is 4.74 Å². The second-order valence-corrected chi connectivity index (χ2v) is 3.76. The Bertz CT molecular complexity index is 560. The van der Waals surface area contributed by atoms with Crippen LogP contribution in [0.5, 0.6) is 0 Å². The first-order valence-corrected chi connectivity index (χ1v) is 5.68. The van der Waals surface area contributed by atoms with Crippen molar-refractivity contribution in [2.24, 2.45) is 0 Å². The summed E-state index contributed by atoms with van der Waals surface area (Å²) < 4.78 is 6.77. The molecule has 0 unspecified atom stereocenters. The molecule has 90 valence electrons. The highest BCUT2D eigenvalue weighted by Crippen LogP contribution is 2.12. The fraction of sp³-hybridized carbons (Fsp3) is 0.417. The smallest absolute Gasteiger partial charge is 0.358 e. The molecule has 0 saturated heterocycles. The van der Waals surface area contributed by atoms with Gasteiger partial charge in [0.1, 0.15) is 0 Å². The van der Waals surface area contributed by atoms with E-state index in [-0.39, 0.29) is 0 Å². The van der Waals surface area contributed by atoms with Crippen molar-refractivity contribution in [3.8, 4) is 0 Å². The highest BCUT2D eigenvalue weighted by molar-refractivity contribution is 5.87. The Hall–Kier alpha value is -1.91. The molecule has 0 aromatic carbocycles. The van der Waals surface area contributed by atoms with E-state index in [1.807, 2.05) is 11.3 Å². The van der Waals surface area contributed by atoms with Crippen LogP contribution in [0.1, 0.15) is 35.6 Å². The van der Waals surface area contributed by atoms with Gasteiger partial charge in [0.05, 0.1) is 6.61 Å². The van der Waals surface area contributed by atoms with Gasteiger partial charge in [0.25, 0.3) is 0 Å². The van der Waals surface area contributed by atoms with E-state index in [9.17, 15) is 4.79 Å². The number of hydrogen-bond donors (Lipinski definition) is 0. The third-order valence-electron chi connectivity index (χ3n) is 2.63. The van der Waals surface area contributed by atoms with Crippen LogP contribution in [0.4, 0.5) is 0 Å². The molecule has 0 amide bonds. The number of esters is 1. The molecule has 0 spiro atoms. The fourth-order valence-electron chi connectivity index (χ4n) is 1.83. The molecule has 0 fully saturated rings. The SMILES string of the molecule is CCOC(=O)c1cn2c(CC)c(C)cnc2n1. The van der Waals surface area contributed by atoms with Crippen LogP contribution in [0.25, 0.3) is 5.78 Å². The second-order valence-electron chi connectivity index (χ2n) is 3.76. The van der Waals surface area contributed by atoms with E-state index in [0.717, 1.165) is 17.7 Å². The third kappa shape index (κ3) is 2.00. The zero-order chi connectivity index (χ0) is 12.4. The van der Waals surface area contributed by atoms with Gasteiger partial charge in [-0.3, -0.25) is 4.40 Å². The molecule has 5 nitrogen and oxygen atoms in total. The Kier molecular flexibility index (Phi) is 3.08. The van der Waals surface area contributed by atoms with Gasteiger partial charge in [-0.2, -0.15) is 0 Å². The molecule has 0 aliphatic heterocycles. The summed E-state index contributed by atoms with van der Waals surface area (Å²) in [4.78, 5) is 19.9. The minimum Gasteiger partial charge on any atom is -0.461 e. The molecule has 2 rings (SSSR count). The number of aryl methyl sites for hydroxylation is 2. The normalized spacial score (nSPS) is 10.8. The summed E-state index contributed by atoms with van der Waals surface area (Å²) in [7, 11) is 0. The first kappa shape index (κ1) is 11.6. The number of imidazole rings is 1. The van der Waals surface area contributed by atoms with E-state index in [0.29, 0.717) is 18.1 Å². The number of fused-ring (bicyclic) bond motifs is 1. The lowest BCUT2D eigenvalue weighted by Gasteiger charge is -2.04.